The molecule has 0 radical (unpaired) electrons. The van der Waals surface area contributed by atoms with Crippen molar-refractivity contribution in [3.8, 4) is 0 Å². The van der Waals surface area contributed by atoms with Crippen molar-refractivity contribution < 1.29 is 4.79 Å². The highest BCUT2D eigenvalue weighted by atomic mass is 79.9. The van der Waals surface area contributed by atoms with Gasteiger partial charge in [-0.3, -0.25) is 4.79 Å². The molecule has 0 unspecified atom stereocenters. The topological polar surface area (TPSA) is 29.1 Å². The predicted molar refractivity (Wildman–Crippen MR) is 73.1 cm³/mol. The van der Waals surface area contributed by atoms with Gasteiger partial charge in [0.1, 0.15) is 5.78 Å². The van der Waals surface area contributed by atoms with Crippen LogP contribution in [0.2, 0.25) is 0 Å². The molecule has 0 aliphatic rings. The minimum absolute atomic E-state index is 0.333. The molecule has 1 aromatic heterocycles. The molecule has 0 saturated heterocycles. The van der Waals surface area contributed by atoms with Crippen molar-refractivity contribution in [3.05, 3.63) is 20.8 Å². The fourth-order valence-electron chi connectivity index (χ4n) is 1.41. The van der Waals surface area contributed by atoms with E-state index in [2.05, 4.69) is 35.1 Å². The molecule has 90 valence electrons. The molecule has 0 spiro atoms. The van der Waals surface area contributed by atoms with Crippen molar-refractivity contribution in [2.75, 3.05) is 6.54 Å². The highest BCUT2D eigenvalue weighted by molar-refractivity contribution is 9.10. The van der Waals surface area contributed by atoms with Crippen LogP contribution in [-0.4, -0.2) is 18.4 Å². The summed E-state index contributed by atoms with van der Waals surface area (Å²) in [5.74, 6) is 0.333. The average Bonchev–Trinajstić information content (AvgIpc) is 2.58. The van der Waals surface area contributed by atoms with E-state index < -0.39 is 0 Å². The van der Waals surface area contributed by atoms with Crippen molar-refractivity contribution >= 4 is 33.0 Å². The lowest BCUT2D eigenvalue weighted by atomic mass is 10.1. The summed E-state index contributed by atoms with van der Waals surface area (Å²) in [4.78, 5) is 12.8. The second kappa shape index (κ2) is 7.20. The molecule has 2 nitrogen and oxygen atoms in total. The van der Waals surface area contributed by atoms with Gasteiger partial charge >= 0.3 is 0 Å². The third kappa shape index (κ3) is 5.77. The molecule has 0 aliphatic heterocycles. The fraction of sp³-hybridized carbons (Fsp3) is 0.583. The minimum Gasteiger partial charge on any atom is -0.315 e. The van der Waals surface area contributed by atoms with Crippen LogP contribution < -0.4 is 5.32 Å². The van der Waals surface area contributed by atoms with Crippen molar-refractivity contribution in [1.82, 2.24) is 5.32 Å². The maximum atomic E-state index is 11.6. The molecule has 1 N–H and O–H groups in total. The molecule has 0 amide bonds. The minimum atomic E-state index is 0.333. The standard InChI is InChI=1S/C12H18BrNOS/c1-9(2)14-5-3-4-11(15)7-12-6-10(13)8-16-12/h6,8-9,14H,3-5,7H2,1-2H3. The second-order valence-electron chi connectivity index (χ2n) is 4.16. The molecule has 1 heterocycles. The number of ketones is 1. The monoisotopic (exact) mass is 303 g/mol. The van der Waals surface area contributed by atoms with Crippen LogP contribution in [0.5, 0.6) is 0 Å². The van der Waals surface area contributed by atoms with Crippen molar-refractivity contribution in [2.45, 2.75) is 39.2 Å². The molecular weight excluding hydrogens is 286 g/mol. The quantitative estimate of drug-likeness (QED) is 0.782. The van der Waals surface area contributed by atoms with Gasteiger partial charge in [0.25, 0.3) is 0 Å². The van der Waals surface area contributed by atoms with Crippen molar-refractivity contribution in [2.24, 2.45) is 0 Å². The number of rotatable bonds is 7. The van der Waals surface area contributed by atoms with Crippen LogP contribution in [0.3, 0.4) is 0 Å². The van der Waals surface area contributed by atoms with E-state index in [-0.39, 0.29) is 0 Å². The van der Waals surface area contributed by atoms with Gasteiger partial charge in [-0.1, -0.05) is 13.8 Å². The molecule has 0 atom stereocenters. The van der Waals surface area contributed by atoms with E-state index in [0.29, 0.717) is 24.7 Å². The van der Waals surface area contributed by atoms with Crippen LogP contribution >= 0.6 is 27.3 Å². The van der Waals surface area contributed by atoms with E-state index in [9.17, 15) is 4.79 Å². The zero-order valence-electron chi connectivity index (χ0n) is 9.75. The molecule has 0 bridgehead atoms. The molecule has 4 heteroatoms. The Kier molecular flexibility index (Phi) is 6.24. The highest BCUT2D eigenvalue weighted by Gasteiger charge is 2.05. The van der Waals surface area contributed by atoms with E-state index >= 15 is 0 Å². The Hall–Kier alpha value is -0.190. The Morgan fingerprint density at radius 1 is 1.56 bits per heavy atom. The molecule has 0 fully saturated rings. The summed E-state index contributed by atoms with van der Waals surface area (Å²) in [6.07, 6.45) is 2.19. The van der Waals surface area contributed by atoms with Gasteiger partial charge in [0.15, 0.2) is 0 Å². The molecule has 16 heavy (non-hydrogen) atoms. The first-order valence-corrected chi connectivity index (χ1v) is 7.23. The molecule has 0 saturated carbocycles. The van der Waals surface area contributed by atoms with E-state index in [0.717, 1.165) is 22.3 Å². The molecule has 1 aromatic rings. The third-order valence-corrected chi connectivity index (χ3v) is 3.88. The zero-order chi connectivity index (χ0) is 12.0. The van der Waals surface area contributed by atoms with Crippen molar-refractivity contribution in [3.63, 3.8) is 0 Å². The number of hydrogen-bond acceptors (Lipinski definition) is 3. The van der Waals surface area contributed by atoms with Gasteiger partial charge < -0.3 is 5.32 Å². The maximum absolute atomic E-state index is 11.6. The number of carbonyl (C=O) groups excluding carboxylic acids is 1. The number of nitrogens with one attached hydrogen (secondary N) is 1. The van der Waals surface area contributed by atoms with Crippen LogP contribution in [0.4, 0.5) is 0 Å². The summed E-state index contributed by atoms with van der Waals surface area (Å²) >= 11 is 5.03. The van der Waals surface area contributed by atoms with Gasteiger partial charge in [-0.15, -0.1) is 11.3 Å². The SMILES string of the molecule is CC(C)NCCCC(=O)Cc1cc(Br)cs1. The lowest BCUT2D eigenvalue weighted by Crippen LogP contribution is -2.24. The van der Waals surface area contributed by atoms with E-state index in [1.165, 1.54) is 0 Å². The van der Waals surface area contributed by atoms with Gasteiger partial charge in [-0.05, 0) is 35.0 Å². The predicted octanol–water partition coefficient (Wildman–Crippen LogP) is 3.40. The van der Waals surface area contributed by atoms with E-state index in [4.69, 9.17) is 0 Å². The van der Waals surface area contributed by atoms with Gasteiger partial charge in [0.05, 0.1) is 0 Å². The number of thiophene rings is 1. The van der Waals surface area contributed by atoms with Gasteiger partial charge in [-0.2, -0.15) is 0 Å². The number of Topliss-reactive ketones (excluding diaryl/α,β-unsaturated/α-hetero) is 1. The molecule has 0 aliphatic carbocycles. The molecule has 0 aromatic carbocycles. The van der Waals surface area contributed by atoms with Gasteiger partial charge in [0, 0.05) is 33.6 Å². The zero-order valence-corrected chi connectivity index (χ0v) is 12.2. The first-order valence-electron chi connectivity index (χ1n) is 5.56. The number of hydrogen-bond donors (Lipinski definition) is 1. The Balaban J connectivity index is 2.16. The summed E-state index contributed by atoms with van der Waals surface area (Å²) in [5.41, 5.74) is 0. The fourth-order valence-corrected chi connectivity index (χ4v) is 2.89. The lowest BCUT2D eigenvalue weighted by Gasteiger charge is -2.06. The Labute approximate surface area is 110 Å². The van der Waals surface area contributed by atoms with Crippen LogP contribution in [0, 0.1) is 0 Å². The summed E-state index contributed by atoms with van der Waals surface area (Å²) in [6, 6.07) is 2.53. The van der Waals surface area contributed by atoms with Crippen LogP contribution in [-0.2, 0) is 11.2 Å². The summed E-state index contributed by atoms with van der Waals surface area (Å²) in [5, 5.41) is 5.33. The smallest absolute Gasteiger partial charge is 0.138 e. The van der Waals surface area contributed by atoms with Crippen LogP contribution in [0.15, 0.2) is 15.9 Å². The Morgan fingerprint density at radius 2 is 2.31 bits per heavy atom. The summed E-state index contributed by atoms with van der Waals surface area (Å²) in [6.45, 7) is 5.16. The Morgan fingerprint density at radius 3 is 2.88 bits per heavy atom. The van der Waals surface area contributed by atoms with Crippen LogP contribution in [0.1, 0.15) is 31.6 Å². The average molecular weight is 304 g/mol. The maximum Gasteiger partial charge on any atom is 0.138 e. The largest absolute Gasteiger partial charge is 0.315 e. The first kappa shape index (κ1) is 13.9. The Bertz CT molecular complexity index is 336. The summed E-state index contributed by atoms with van der Waals surface area (Å²) in [7, 11) is 0. The normalized spacial score (nSPS) is 11.0. The first-order chi connectivity index (χ1) is 7.58. The second-order valence-corrected chi connectivity index (χ2v) is 6.07. The molecular formula is C12H18BrNOS. The molecule has 1 rings (SSSR count). The van der Waals surface area contributed by atoms with E-state index in [1.807, 2.05) is 11.4 Å². The third-order valence-electron chi connectivity index (χ3n) is 2.18. The van der Waals surface area contributed by atoms with Crippen LogP contribution in [0.25, 0.3) is 0 Å². The van der Waals surface area contributed by atoms with Gasteiger partial charge in [-0.25, -0.2) is 0 Å². The summed E-state index contributed by atoms with van der Waals surface area (Å²) < 4.78 is 1.07. The van der Waals surface area contributed by atoms with Gasteiger partial charge in [0.2, 0.25) is 0 Å². The van der Waals surface area contributed by atoms with Crippen molar-refractivity contribution in [1.29, 1.82) is 0 Å². The lowest BCUT2D eigenvalue weighted by molar-refractivity contribution is -0.118. The van der Waals surface area contributed by atoms with E-state index in [1.54, 1.807) is 11.3 Å². The highest BCUT2D eigenvalue weighted by Crippen LogP contribution is 2.20. The number of halogens is 1. The number of carbonyl (C=O) groups is 1.